The number of hydrazine groups is 1. The van der Waals surface area contributed by atoms with Gasteiger partial charge in [0.05, 0.1) is 5.69 Å². The second-order valence-electron chi connectivity index (χ2n) is 4.03. The Hall–Kier alpha value is -1.62. The molecule has 1 heterocycles. The summed E-state index contributed by atoms with van der Waals surface area (Å²) < 4.78 is 13.3. The van der Waals surface area contributed by atoms with Gasteiger partial charge in [0, 0.05) is 13.1 Å². The molecule has 1 aromatic rings. The van der Waals surface area contributed by atoms with Gasteiger partial charge in [0.2, 0.25) is 0 Å². The van der Waals surface area contributed by atoms with E-state index >= 15 is 0 Å². The van der Waals surface area contributed by atoms with E-state index < -0.39 is 5.82 Å². The smallest absolute Gasteiger partial charge is 0.304 e. The minimum atomic E-state index is -0.421. The van der Waals surface area contributed by atoms with E-state index in [0.29, 0.717) is 6.54 Å². The summed E-state index contributed by atoms with van der Waals surface area (Å²) in [7, 11) is 0. The predicted octanol–water partition coefficient (Wildman–Crippen LogP) is 2.35. The van der Waals surface area contributed by atoms with Crippen LogP contribution in [0.15, 0.2) is 24.3 Å². The summed E-state index contributed by atoms with van der Waals surface area (Å²) in [4.78, 5) is 11.9. The molecule has 2 N–H and O–H groups in total. The fourth-order valence-electron chi connectivity index (χ4n) is 1.78. The summed E-state index contributed by atoms with van der Waals surface area (Å²) in [5.41, 5.74) is 3.23. The number of hydrogen-bond acceptors (Lipinski definition) is 2. The lowest BCUT2D eigenvalue weighted by Gasteiger charge is -2.21. The van der Waals surface area contributed by atoms with E-state index in [2.05, 4.69) is 10.7 Å². The van der Waals surface area contributed by atoms with Gasteiger partial charge < -0.3 is 5.32 Å². The van der Waals surface area contributed by atoms with Crippen molar-refractivity contribution in [3.05, 3.63) is 30.1 Å². The van der Waals surface area contributed by atoms with Crippen LogP contribution < -0.4 is 10.7 Å². The Morgan fingerprint density at radius 2 is 2.12 bits per heavy atom. The number of benzene rings is 1. The van der Waals surface area contributed by atoms with Crippen molar-refractivity contribution < 1.29 is 9.18 Å². The van der Waals surface area contributed by atoms with Gasteiger partial charge in [0.25, 0.3) is 0 Å². The molecule has 0 bridgehead atoms. The number of carbonyl (C=O) groups excluding carboxylic acids is 1. The largest absolute Gasteiger partial charge is 0.336 e. The molecule has 0 atom stereocenters. The fraction of sp³-hybridized carbons (Fsp3) is 0.417. The number of halogens is 1. The maximum absolute atomic E-state index is 13.3. The molecular weight excluding hydrogens is 221 g/mol. The first-order chi connectivity index (χ1) is 8.27. The maximum Gasteiger partial charge on any atom is 0.336 e. The Morgan fingerprint density at radius 3 is 2.94 bits per heavy atom. The van der Waals surface area contributed by atoms with Gasteiger partial charge in [-0.2, -0.15) is 0 Å². The quantitative estimate of drug-likeness (QED) is 0.787. The second-order valence-corrected chi connectivity index (χ2v) is 4.03. The first-order valence-electron chi connectivity index (χ1n) is 5.84. The van der Waals surface area contributed by atoms with Crippen LogP contribution in [0.4, 0.5) is 14.9 Å². The highest BCUT2D eigenvalue weighted by Gasteiger charge is 2.16. The van der Waals surface area contributed by atoms with Gasteiger partial charge in [-0.1, -0.05) is 18.6 Å². The van der Waals surface area contributed by atoms with Crippen molar-refractivity contribution in [2.75, 3.05) is 18.4 Å². The minimum absolute atomic E-state index is 0.212. The number of carbonyl (C=O) groups is 1. The molecule has 1 saturated heterocycles. The Morgan fingerprint density at radius 1 is 1.29 bits per heavy atom. The monoisotopic (exact) mass is 237 g/mol. The lowest BCUT2D eigenvalue weighted by molar-refractivity contribution is 0.189. The zero-order valence-corrected chi connectivity index (χ0v) is 9.58. The number of nitrogens with one attached hydrogen (secondary N) is 2. The molecule has 17 heavy (non-hydrogen) atoms. The second kappa shape index (κ2) is 5.63. The van der Waals surface area contributed by atoms with Gasteiger partial charge >= 0.3 is 6.03 Å². The van der Waals surface area contributed by atoms with Gasteiger partial charge in [-0.15, -0.1) is 0 Å². The van der Waals surface area contributed by atoms with Gasteiger partial charge in [0.1, 0.15) is 5.82 Å². The maximum atomic E-state index is 13.3. The molecule has 92 valence electrons. The predicted molar refractivity (Wildman–Crippen MR) is 64.0 cm³/mol. The summed E-state index contributed by atoms with van der Waals surface area (Å²) in [6.07, 6.45) is 3.14. The molecule has 2 amide bonds. The van der Waals surface area contributed by atoms with Crippen LogP contribution in [0.1, 0.15) is 19.3 Å². The van der Waals surface area contributed by atoms with Crippen molar-refractivity contribution in [2.24, 2.45) is 0 Å². The van der Waals surface area contributed by atoms with Crippen molar-refractivity contribution in [2.45, 2.75) is 19.3 Å². The van der Waals surface area contributed by atoms with E-state index in [4.69, 9.17) is 0 Å². The normalized spacial score (nSPS) is 16.4. The molecule has 5 heteroatoms. The number of rotatable bonds is 1. The van der Waals surface area contributed by atoms with Crippen LogP contribution in [0, 0.1) is 5.82 Å². The highest BCUT2D eigenvalue weighted by Crippen LogP contribution is 2.13. The van der Waals surface area contributed by atoms with Crippen molar-refractivity contribution in [3.8, 4) is 0 Å². The standard InChI is InChI=1S/C12H16FN3O/c13-10-6-2-3-7-11(10)15-12(17)16-9-5-1-4-8-14-16/h2-3,6-7,14H,1,4-5,8-9H2,(H,15,17). The van der Waals surface area contributed by atoms with Crippen molar-refractivity contribution in [1.29, 1.82) is 0 Å². The first-order valence-corrected chi connectivity index (χ1v) is 5.84. The molecule has 1 aliphatic rings. The molecule has 0 aliphatic carbocycles. The number of anilines is 1. The third-order valence-corrected chi connectivity index (χ3v) is 2.72. The van der Waals surface area contributed by atoms with Crippen LogP contribution in [0.3, 0.4) is 0 Å². The van der Waals surface area contributed by atoms with Crippen LogP contribution in [-0.2, 0) is 0 Å². The van der Waals surface area contributed by atoms with Gasteiger partial charge in [0.15, 0.2) is 0 Å². The average Bonchev–Trinajstić information content (AvgIpc) is 2.61. The van der Waals surface area contributed by atoms with Crippen molar-refractivity contribution >= 4 is 11.7 Å². The van der Waals surface area contributed by atoms with Crippen LogP contribution in [0.2, 0.25) is 0 Å². The van der Waals surface area contributed by atoms with Crippen LogP contribution >= 0.6 is 0 Å². The minimum Gasteiger partial charge on any atom is -0.304 e. The Kier molecular flexibility index (Phi) is 3.93. The molecular formula is C12H16FN3O. The molecule has 0 radical (unpaired) electrons. The van der Waals surface area contributed by atoms with Crippen LogP contribution in [0.5, 0.6) is 0 Å². The van der Waals surface area contributed by atoms with E-state index in [1.54, 1.807) is 18.2 Å². The summed E-state index contributed by atoms with van der Waals surface area (Å²) in [6.45, 7) is 1.44. The number of urea groups is 1. The zero-order chi connectivity index (χ0) is 12.1. The molecule has 0 aromatic heterocycles. The highest BCUT2D eigenvalue weighted by atomic mass is 19.1. The van der Waals surface area contributed by atoms with Crippen LogP contribution in [-0.4, -0.2) is 24.1 Å². The van der Waals surface area contributed by atoms with Gasteiger partial charge in [-0.05, 0) is 25.0 Å². The molecule has 0 saturated carbocycles. The number of nitrogens with zero attached hydrogens (tertiary/aromatic N) is 1. The molecule has 0 spiro atoms. The van der Waals surface area contributed by atoms with Gasteiger partial charge in [-0.3, -0.25) is 5.01 Å². The van der Waals surface area contributed by atoms with Gasteiger partial charge in [-0.25, -0.2) is 14.6 Å². The zero-order valence-electron chi connectivity index (χ0n) is 9.58. The first kappa shape index (κ1) is 11.9. The van der Waals surface area contributed by atoms with E-state index in [-0.39, 0.29) is 11.7 Å². The summed E-state index contributed by atoms with van der Waals surface area (Å²) in [5.74, 6) is -0.421. The molecule has 1 aromatic carbocycles. The molecule has 0 unspecified atom stereocenters. The number of para-hydroxylation sites is 1. The Balaban J connectivity index is 1.98. The fourth-order valence-corrected chi connectivity index (χ4v) is 1.78. The van der Waals surface area contributed by atoms with Crippen molar-refractivity contribution in [1.82, 2.24) is 10.4 Å². The highest BCUT2D eigenvalue weighted by molar-refractivity contribution is 5.89. The molecule has 1 fully saturated rings. The van der Waals surface area contributed by atoms with E-state index in [0.717, 1.165) is 25.8 Å². The average molecular weight is 237 g/mol. The third-order valence-electron chi connectivity index (χ3n) is 2.72. The lowest BCUT2D eigenvalue weighted by Crippen LogP contribution is -2.45. The van der Waals surface area contributed by atoms with E-state index in [9.17, 15) is 9.18 Å². The SMILES string of the molecule is O=C(Nc1ccccc1F)N1CCCCCN1. The summed E-state index contributed by atoms with van der Waals surface area (Å²) in [5, 5.41) is 4.07. The summed E-state index contributed by atoms with van der Waals surface area (Å²) in [6, 6.07) is 5.84. The Labute approximate surface area is 99.8 Å². The number of hydrogen-bond donors (Lipinski definition) is 2. The van der Waals surface area contributed by atoms with Crippen molar-refractivity contribution in [3.63, 3.8) is 0 Å². The number of amides is 2. The molecule has 1 aliphatic heterocycles. The topological polar surface area (TPSA) is 44.4 Å². The molecule has 4 nitrogen and oxygen atoms in total. The molecule has 2 rings (SSSR count). The summed E-state index contributed by atoms with van der Waals surface area (Å²) >= 11 is 0. The van der Waals surface area contributed by atoms with Crippen LogP contribution in [0.25, 0.3) is 0 Å². The Bertz CT molecular complexity index is 389. The third kappa shape index (κ3) is 3.17. The van der Waals surface area contributed by atoms with E-state index in [1.807, 2.05) is 0 Å². The van der Waals surface area contributed by atoms with E-state index in [1.165, 1.54) is 11.1 Å². The lowest BCUT2D eigenvalue weighted by atomic mass is 10.2.